The average Bonchev–Trinajstić information content (AvgIpc) is 2.76. The van der Waals surface area contributed by atoms with Crippen LogP contribution in [0.4, 0.5) is 0 Å². The second kappa shape index (κ2) is 8.01. The van der Waals surface area contributed by atoms with Gasteiger partial charge in [-0.15, -0.1) is 0 Å². The molecule has 0 N–H and O–H groups in total. The normalized spacial score (nSPS) is 10.7. The van der Waals surface area contributed by atoms with Crippen molar-refractivity contribution in [1.82, 2.24) is 4.98 Å². The van der Waals surface area contributed by atoms with E-state index in [0.29, 0.717) is 0 Å². The Kier molecular flexibility index (Phi) is 5.11. The summed E-state index contributed by atoms with van der Waals surface area (Å²) in [4.78, 5) is 5.12. The van der Waals surface area contributed by atoms with Crippen LogP contribution in [0.5, 0.6) is 0 Å². The van der Waals surface area contributed by atoms with E-state index in [1.165, 1.54) is 22.3 Å². The van der Waals surface area contributed by atoms with Gasteiger partial charge < -0.3 is 0 Å². The predicted molar refractivity (Wildman–Crippen MR) is 115 cm³/mol. The summed E-state index contributed by atoms with van der Waals surface area (Å²) in [6.45, 7) is 2.23. The van der Waals surface area contributed by atoms with E-state index in [-0.39, 0.29) is 0 Å². The Bertz CT molecular complexity index is 945. The molecule has 0 aliphatic carbocycles. The van der Waals surface area contributed by atoms with Gasteiger partial charge in [-0.2, -0.15) is 0 Å². The van der Waals surface area contributed by atoms with E-state index in [2.05, 4.69) is 97.9 Å². The van der Waals surface area contributed by atoms with Crippen LogP contribution >= 0.6 is 0 Å². The molecule has 0 spiro atoms. The zero-order valence-corrected chi connectivity index (χ0v) is 15.6. The molecule has 0 radical (unpaired) electrons. The van der Waals surface area contributed by atoms with Crippen molar-refractivity contribution in [1.29, 1.82) is 0 Å². The van der Waals surface area contributed by atoms with Crippen LogP contribution in [0, 0.1) is 0 Å². The maximum Gasteiger partial charge on any atom is 0.0747 e. The van der Waals surface area contributed by atoms with E-state index in [4.69, 9.17) is 4.98 Å². The Labute approximate surface area is 161 Å². The van der Waals surface area contributed by atoms with Gasteiger partial charge in [-0.1, -0.05) is 104 Å². The molecule has 0 atom stereocenters. The average molecular weight is 349 g/mol. The molecule has 27 heavy (non-hydrogen) atoms. The molecule has 0 unspecified atom stereocenters. The Morgan fingerprint density at radius 1 is 0.630 bits per heavy atom. The summed E-state index contributed by atoms with van der Waals surface area (Å²) in [5.74, 6) is 0. The van der Waals surface area contributed by atoms with Crippen molar-refractivity contribution in [2.45, 2.75) is 19.8 Å². The minimum absolute atomic E-state index is 1.01. The first kappa shape index (κ1) is 17.2. The highest BCUT2D eigenvalue weighted by Crippen LogP contribution is 2.35. The molecule has 132 valence electrons. The minimum Gasteiger partial charge on any atom is -0.247 e. The van der Waals surface area contributed by atoms with Crippen LogP contribution in [-0.4, -0.2) is 4.98 Å². The number of nitrogens with zero attached hydrogens (tertiary/aromatic N) is 1. The maximum absolute atomic E-state index is 5.12. The predicted octanol–water partition coefficient (Wildman–Crippen LogP) is 7.04. The molecule has 1 nitrogen and oxygen atoms in total. The van der Waals surface area contributed by atoms with Gasteiger partial charge in [-0.3, -0.25) is 0 Å². The van der Waals surface area contributed by atoms with E-state index >= 15 is 0 Å². The lowest BCUT2D eigenvalue weighted by molar-refractivity contribution is 0.919. The smallest absolute Gasteiger partial charge is 0.0747 e. The highest BCUT2D eigenvalue weighted by atomic mass is 14.7. The third-order valence-electron chi connectivity index (χ3n) is 4.83. The third-order valence-corrected chi connectivity index (χ3v) is 4.83. The Hall–Kier alpha value is -3.19. The molecule has 4 aromatic rings. The first-order valence-electron chi connectivity index (χ1n) is 9.57. The summed E-state index contributed by atoms with van der Waals surface area (Å²) in [5.41, 5.74) is 8.30. The van der Waals surface area contributed by atoms with Gasteiger partial charge in [0.15, 0.2) is 0 Å². The Morgan fingerprint density at radius 2 is 1.15 bits per heavy atom. The van der Waals surface area contributed by atoms with E-state index in [0.717, 1.165) is 29.8 Å². The SMILES string of the molecule is CCCc1c(-c2ccccc2)cc(-c2ccccc2)nc1-c1ccccc1. The second-order valence-corrected chi connectivity index (χ2v) is 6.73. The fraction of sp³-hybridized carbons (Fsp3) is 0.115. The van der Waals surface area contributed by atoms with E-state index in [1.807, 2.05) is 6.07 Å². The lowest BCUT2D eigenvalue weighted by Gasteiger charge is -2.17. The number of hydrogen-bond donors (Lipinski definition) is 0. The number of pyridine rings is 1. The monoisotopic (exact) mass is 349 g/mol. The summed E-state index contributed by atoms with van der Waals surface area (Å²) < 4.78 is 0. The van der Waals surface area contributed by atoms with Crippen LogP contribution in [0.3, 0.4) is 0 Å². The first-order chi connectivity index (χ1) is 13.4. The molecule has 0 saturated heterocycles. The zero-order valence-electron chi connectivity index (χ0n) is 15.6. The Morgan fingerprint density at radius 3 is 1.70 bits per heavy atom. The van der Waals surface area contributed by atoms with Crippen molar-refractivity contribution < 1.29 is 0 Å². The van der Waals surface area contributed by atoms with Crippen LogP contribution in [0.25, 0.3) is 33.6 Å². The number of rotatable bonds is 5. The summed E-state index contributed by atoms with van der Waals surface area (Å²) in [7, 11) is 0. The fourth-order valence-corrected chi connectivity index (χ4v) is 3.54. The number of aromatic nitrogens is 1. The van der Waals surface area contributed by atoms with Crippen LogP contribution in [-0.2, 0) is 6.42 Å². The maximum atomic E-state index is 5.12. The topological polar surface area (TPSA) is 12.9 Å². The van der Waals surface area contributed by atoms with Crippen molar-refractivity contribution in [2.24, 2.45) is 0 Å². The van der Waals surface area contributed by atoms with Gasteiger partial charge in [0.1, 0.15) is 0 Å². The van der Waals surface area contributed by atoms with E-state index < -0.39 is 0 Å². The zero-order chi connectivity index (χ0) is 18.5. The summed E-state index contributed by atoms with van der Waals surface area (Å²) in [6, 6.07) is 33.9. The van der Waals surface area contributed by atoms with Gasteiger partial charge in [-0.05, 0) is 29.2 Å². The molecule has 1 heterocycles. The van der Waals surface area contributed by atoms with Crippen molar-refractivity contribution in [3.8, 4) is 33.6 Å². The van der Waals surface area contributed by atoms with Gasteiger partial charge >= 0.3 is 0 Å². The molecule has 1 heteroatoms. The van der Waals surface area contributed by atoms with Crippen molar-refractivity contribution in [3.63, 3.8) is 0 Å². The molecule has 0 aliphatic heterocycles. The molecule has 0 amide bonds. The van der Waals surface area contributed by atoms with Gasteiger partial charge in [-0.25, -0.2) is 4.98 Å². The molecule has 0 aliphatic rings. The molecular weight excluding hydrogens is 326 g/mol. The van der Waals surface area contributed by atoms with Crippen molar-refractivity contribution in [2.75, 3.05) is 0 Å². The number of benzene rings is 3. The van der Waals surface area contributed by atoms with Gasteiger partial charge in [0.2, 0.25) is 0 Å². The molecule has 0 saturated carbocycles. The lowest BCUT2D eigenvalue weighted by Crippen LogP contribution is -2.00. The van der Waals surface area contributed by atoms with Crippen LogP contribution in [0.2, 0.25) is 0 Å². The standard InChI is InChI=1S/C26H23N/c1-2-12-23-24(20-13-6-3-7-14-20)19-25(21-15-8-4-9-16-21)27-26(23)22-17-10-5-11-18-22/h3-11,13-19H,2,12H2,1H3. The second-order valence-electron chi connectivity index (χ2n) is 6.73. The molecule has 3 aromatic carbocycles. The van der Waals surface area contributed by atoms with Crippen LogP contribution in [0.15, 0.2) is 97.1 Å². The Balaban J connectivity index is 2.01. The van der Waals surface area contributed by atoms with Crippen LogP contribution < -0.4 is 0 Å². The molecule has 4 rings (SSSR count). The fourth-order valence-electron chi connectivity index (χ4n) is 3.54. The van der Waals surface area contributed by atoms with E-state index in [9.17, 15) is 0 Å². The van der Waals surface area contributed by atoms with Gasteiger partial charge in [0.05, 0.1) is 11.4 Å². The van der Waals surface area contributed by atoms with Crippen molar-refractivity contribution in [3.05, 3.63) is 103 Å². The quantitative estimate of drug-likeness (QED) is 0.377. The molecule has 0 bridgehead atoms. The lowest BCUT2D eigenvalue weighted by atomic mass is 9.91. The highest BCUT2D eigenvalue weighted by molar-refractivity contribution is 5.80. The van der Waals surface area contributed by atoms with Gasteiger partial charge in [0.25, 0.3) is 0 Å². The molecule has 1 aromatic heterocycles. The summed E-state index contributed by atoms with van der Waals surface area (Å²) in [5, 5.41) is 0. The summed E-state index contributed by atoms with van der Waals surface area (Å²) in [6.07, 6.45) is 2.10. The van der Waals surface area contributed by atoms with Crippen LogP contribution in [0.1, 0.15) is 18.9 Å². The third kappa shape index (κ3) is 3.68. The first-order valence-corrected chi connectivity index (χ1v) is 9.57. The summed E-state index contributed by atoms with van der Waals surface area (Å²) >= 11 is 0. The highest BCUT2D eigenvalue weighted by Gasteiger charge is 2.16. The van der Waals surface area contributed by atoms with Gasteiger partial charge in [0, 0.05) is 11.1 Å². The number of hydrogen-bond acceptors (Lipinski definition) is 1. The molecular formula is C26H23N. The van der Waals surface area contributed by atoms with Crippen molar-refractivity contribution >= 4 is 0 Å². The van der Waals surface area contributed by atoms with E-state index in [1.54, 1.807) is 0 Å². The minimum atomic E-state index is 1.01. The molecule has 0 fully saturated rings. The largest absolute Gasteiger partial charge is 0.247 e.